The number of aromatic nitrogens is 5. The standard InChI is InChI=1S/C16H16Cl2N6/c1-10(2)9-24-16(21-22-23-24)11-7-14(18)15(19-8-11)20-13-5-3-12(17)4-6-13/h3-8,10H,9H2,1-2H3,(H,19,20). The maximum Gasteiger partial charge on any atom is 0.183 e. The van der Waals surface area contributed by atoms with E-state index in [4.69, 9.17) is 23.2 Å². The second-order valence-electron chi connectivity index (χ2n) is 5.76. The van der Waals surface area contributed by atoms with Gasteiger partial charge in [0.2, 0.25) is 0 Å². The number of pyridine rings is 1. The van der Waals surface area contributed by atoms with Crippen molar-refractivity contribution in [3.63, 3.8) is 0 Å². The molecule has 0 saturated heterocycles. The quantitative estimate of drug-likeness (QED) is 0.726. The Bertz CT molecular complexity index is 829. The third kappa shape index (κ3) is 3.83. The monoisotopic (exact) mass is 362 g/mol. The van der Waals surface area contributed by atoms with E-state index in [9.17, 15) is 0 Å². The Kier molecular flexibility index (Phi) is 4.97. The Balaban J connectivity index is 1.85. The first-order chi connectivity index (χ1) is 11.5. The Morgan fingerprint density at radius 1 is 1.17 bits per heavy atom. The van der Waals surface area contributed by atoms with E-state index in [1.165, 1.54) is 0 Å². The Labute approximate surface area is 149 Å². The zero-order valence-corrected chi connectivity index (χ0v) is 14.8. The molecular formula is C16H16Cl2N6. The zero-order chi connectivity index (χ0) is 17.1. The number of nitrogens with zero attached hydrogens (tertiary/aromatic N) is 5. The number of rotatable bonds is 5. The SMILES string of the molecule is CC(C)Cn1nnnc1-c1cnc(Nc2ccc(Cl)cc2)c(Cl)c1. The molecule has 0 spiro atoms. The van der Waals surface area contributed by atoms with Crippen LogP contribution in [0.1, 0.15) is 13.8 Å². The van der Waals surface area contributed by atoms with Crippen molar-refractivity contribution < 1.29 is 0 Å². The van der Waals surface area contributed by atoms with Crippen LogP contribution in [0.3, 0.4) is 0 Å². The first kappa shape index (κ1) is 16.7. The van der Waals surface area contributed by atoms with Crippen LogP contribution in [0.4, 0.5) is 11.5 Å². The molecule has 0 aliphatic rings. The largest absolute Gasteiger partial charge is 0.339 e. The minimum absolute atomic E-state index is 0.432. The maximum atomic E-state index is 6.36. The summed E-state index contributed by atoms with van der Waals surface area (Å²) in [5.41, 5.74) is 1.62. The molecule has 0 bridgehead atoms. The summed E-state index contributed by atoms with van der Waals surface area (Å²) in [6.45, 7) is 4.94. The van der Waals surface area contributed by atoms with Gasteiger partial charge in [-0.05, 0) is 46.7 Å². The molecule has 0 unspecified atom stereocenters. The molecule has 2 heterocycles. The molecule has 0 saturated carbocycles. The van der Waals surface area contributed by atoms with Gasteiger partial charge in [0.1, 0.15) is 5.82 Å². The van der Waals surface area contributed by atoms with Gasteiger partial charge in [-0.25, -0.2) is 9.67 Å². The molecule has 8 heteroatoms. The van der Waals surface area contributed by atoms with Crippen LogP contribution in [-0.2, 0) is 6.54 Å². The van der Waals surface area contributed by atoms with Gasteiger partial charge >= 0.3 is 0 Å². The molecule has 1 N–H and O–H groups in total. The van der Waals surface area contributed by atoms with Crippen molar-refractivity contribution in [3.8, 4) is 11.4 Å². The highest BCUT2D eigenvalue weighted by Crippen LogP contribution is 2.28. The lowest BCUT2D eigenvalue weighted by Gasteiger charge is -2.10. The molecule has 6 nitrogen and oxygen atoms in total. The highest BCUT2D eigenvalue weighted by molar-refractivity contribution is 6.33. The Morgan fingerprint density at radius 3 is 2.58 bits per heavy atom. The normalized spacial score (nSPS) is 11.0. The summed E-state index contributed by atoms with van der Waals surface area (Å²) in [6.07, 6.45) is 1.70. The van der Waals surface area contributed by atoms with E-state index >= 15 is 0 Å². The van der Waals surface area contributed by atoms with Gasteiger partial charge in [0.05, 0.1) is 5.02 Å². The van der Waals surface area contributed by atoms with Gasteiger partial charge in [0.25, 0.3) is 0 Å². The molecule has 2 aromatic heterocycles. The van der Waals surface area contributed by atoms with Crippen molar-refractivity contribution >= 4 is 34.7 Å². The minimum Gasteiger partial charge on any atom is -0.339 e. The number of nitrogens with one attached hydrogen (secondary N) is 1. The average molecular weight is 363 g/mol. The summed E-state index contributed by atoms with van der Waals surface area (Å²) in [4.78, 5) is 4.39. The predicted molar refractivity (Wildman–Crippen MR) is 95.6 cm³/mol. The molecule has 3 aromatic rings. The number of tetrazole rings is 1. The van der Waals surface area contributed by atoms with Crippen molar-refractivity contribution in [1.29, 1.82) is 0 Å². The maximum absolute atomic E-state index is 6.36. The molecule has 0 aliphatic carbocycles. The summed E-state index contributed by atoms with van der Waals surface area (Å²) in [5.74, 6) is 1.64. The molecular weight excluding hydrogens is 347 g/mol. The van der Waals surface area contributed by atoms with E-state index < -0.39 is 0 Å². The number of halogens is 2. The molecule has 0 aliphatic heterocycles. The molecule has 0 radical (unpaired) electrons. The van der Waals surface area contributed by atoms with Gasteiger partial charge in [-0.2, -0.15) is 0 Å². The van der Waals surface area contributed by atoms with Gasteiger partial charge in [-0.15, -0.1) is 5.10 Å². The van der Waals surface area contributed by atoms with Crippen molar-refractivity contribution in [2.45, 2.75) is 20.4 Å². The molecule has 24 heavy (non-hydrogen) atoms. The number of anilines is 2. The fourth-order valence-electron chi connectivity index (χ4n) is 2.20. The second-order valence-corrected chi connectivity index (χ2v) is 6.61. The summed E-state index contributed by atoms with van der Waals surface area (Å²) >= 11 is 12.2. The first-order valence-electron chi connectivity index (χ1n) is 7.47. The van der Waals surface area contributed by atoms with Gasteiger partial charge in [-0.3, -0.25) is 0 Å². The number of benzene rings is 1. The van der Waals surface area contributed by atoms with Crippen LogP contribution in [0.2, 0.25) is 10.0 Å². The predicted octanol–water partition coefficient (Wildman–Crippen LogP) is 4.44. The van der Waals surface area contributed by atoms with Crippen LogP contribution in [0.15, 0.2) is 36.5 Å². The third-order valence-corrected chi connectivity index (χ3v) is 3.82. The first-order valence-corrected chi connectivity index (χ1v) is 8.23. The molecule has 0 amide bonds. The van der Waals surface area contributed by atoms with Crippen LogP contribution in [0.5, 0.6) is 0 Å². The molecule has 1 aromatic carbocycles. The average Bonchev–Trinajstić information content (AvgIpc) is 2.99. The van der Waals surface area contributed by atoms with Crippen LogP contribution in [0.25, 0.3) is 11.4 Å². The van der Waals surface area contributed by atoms with Crippen molar-refractivity contribution in [2.24, 2.45) is 5.92 Å². The van der Waals surface area contributed by atoms with Crippen LogP contribution < -0.4 is 5.32 Å². The highest BCUT2D eigenvalue weighted by Gasteiger charge is 2.13. The third-order valence-electron chi connectivity index (χ3n) is 3.28. The fourth-order valence-corrected chi connectivity index (χ4v) is 2.54. The lowest BCUT2D eigenvalue weighted by atomic mass is 10.2. The second kappa shape index (κ2) is 7.15. The topological polar surface area (TPSA) is 68.5 Å². The van der Waals surface area contributed by atoms with Gasteiger partial charge in [-0.1, -0.05) is 37.0 Å². The van der Waals surface area contributed by atoms with Crippen LogP contribution >= 0.6 is 23.2 Å². The van der Waals surface area contributed by atoms with Crippen LogP contribution in [-0.4, -0.2) is 25.2 Å². The summed E-state index contributed by atoms with van der Waals surface area (Å²) in [6, 6.07) is 9.11. The smallest absolute Gasteiger partial charge is 0.183 e. The summed E-state index contributed by atoms with van der Waals surface area (Å²) in [7, 11) is 0. The molecule has 124 valence electrons. The van der Waals surface area contributed by atoms with Gasteiger partial charge in [0.15, 0.2) is 5.82 Å². The minimum atomic E-state index is 0.432. The highest BCUT2D eigenvalue weighted by atomic mass is 35.5. The zero-order valence-electron chi connectivity index (χ0n) is 13.2. The van der Waals surface area contributed by atoms with Crippen molar-refractivity contribution in [3.05, 3.63) is 46.6 Å². The number of hydrogen-bond donors (Lipinski definition) is 1. The van der Waals surface area contributed by atoms with E-state index in [-0.39, 0.29) is 0 Å². The van der Waals surface area contributed by atoms with E-state index in [2.05, 4.69) is 39.7 Å². The lowest BCUT2D eigenvalue weighted by Crippen LogP contribution is -2.08. The van der Waals surface area contributed by atoms with E-state index in [0.717, 1.165) is 17.8 Å². The lowest BCUT2D eigenvalue weighted by molar-refractivity contribution is 0.475. The van der Waals surface area contributed by atoms with Gasteiger partial charge in [0, 0.05) is 29.0 Å². The fraction of sp³-hybridized carbons (Fsp3) is 0.250. The summed E-state index contributed by atoms with van der Waals surface area (Å²) in [5, 5.41) is 16.2. The summed E-state index contributed by atoms with van der Waals surface area (Å²) < 4.78 is 1.75. The van der Waals surface area contributed by atoms with Crippen molar-refractivity contribution in [2.75, 3.05) is 5.32 Å². The number of hydrogen-bond acceptors (Lipinski definition) is 5. The molecule has 0 fully saturated rings. The Hall–Kier alpha value is -2.18. The Morgan fingerprint density at radius 2 is 1.92 bits per heavy atom. The van der Waals surface area contributed by atoms with Crippen molar-refractivity contribution in [1.82, 2.24) is 25.2 Å². The molecule has 0 atom stereocenters. The van der Waals surface area contributed by atoms with Gasteiger partial charge < -0.3 is 5.32 Å². The van der Waals surface area contributed by atoms with Crippen LogP contribution in [0, 0.1) is 5.92 Å². The molecule has 3 rings (SSSR count). The van der Waals surface area contributed by atoms with E-state index in [0.29, 0.717) is 27.6 Å². The van der Waals surface area contributed by atoms with E-state index in [1.54, 1.807) is 29.1 Å². The van der Waals surface area contributed by atoms with E-state index in [1.807, 2.05) is 12.1 Å².